The van der Waals surface area contributed by atoms with Gasteiger partial charge in [-0.3, -0.25) is 9.78 Å². The van der Waals surface area contributed by atoms with Gasteiger partial charge in [-0.15, -0.1) is 0 Å². The predicted molar refractivity (Wildman–Crippen MR) is 73.8 cm³/mol. The molecular weight excluding hydrogens is 238 g/mol. The molecule has 2 aliphatic rings. The molecule has 1 amide bonds. The highest BCUT2D eigenvalue weighted by molar-refractivity contribution is 5.80. The summed E-state index contributed by atoms with van der Waals surface area (Å²) < 4.78 is 0. The third-order valence-corrected chi connectivity index (χ3v) is 4.33. The lowest BCUT2D eigenvalue weighted by atomic mass is 9.88. The van der Waals surface area contributed by atoms with E-state index in [4.69, 9.17) is 0 Å². The first kappa shape index (κ1) is 12.6. The number of hydrogen-bond donors (Lipinski definition) is 1. The molecule has 4 heteroatoms. The van der Waals surface area contributed by atoms with Crippen LogP contribution in [0.15, 0.2) is 24.5 Å². The van der Waals surface area contributed by atoms with E-state index in [1.54, 1.807) is 0 Å². The van der Waals surface area contributed by atoms with Crippen molar-refractivity contribution in [2.75, 3.05) is 26.2 Å². The predicted octanol–water partition coefficient (Wildman–Crippen LogP) is 1.40. The van der Waals surface area contributed by atoms with Crippen LogP contribution in [0.25, 0.3) is 0 Å². The number of carbonyl (C=O) groups excluding carboxylic acids is 1. The Hall–Kier alpha value is -1.42. The molecule has 4 nitrogen and oxygen atoms in total. The molecule has 19 heavy (non-hydrogen) atoms. The molecule has 0 aromatic carbocycles. The van der Waals surface area contributed by atoms with Crippen molar-refractivity contribution in [1.82, 2.24) is 15.2 Å². The molecule has 0 saturated carbocycles. The van der Waals surface area contributed by atoms with Gasteiger partial charge in [-0.05, 0) is 37.0 Å². The van der Waals surface area contributed by atoms with Crippen LogP contribution in [0, 0.1) is 5.92 Å². The van der Waals surface area contributed by atoms with Crippen molar-refractivity contribution in [2.24, 2.45) is 5.92 Å². The first-order chi connectivity index (χ1) is 9.36. The molecule has 2 atom stereocenters. The van der Waals surface area contributed by atoms with Crippen LogP contribution in [0.5, 0.6) is 0 Å². The average molecular weight is 259 g/mol. The molecule has 1 aromatic heterocycles. The zero-order valence-corrected chi connectivity index (χ0v) is 11.2. The van der Waals surface area contributed by atoms with E-state index in [1.807, 2.05) is 24.5 Å². The second-order valence-electron chi connectivity index (χ2n) is 5.54. The summed E-state index contributed by atoms with van der Waals surface area (Å²) in [7, 11) is 0. The number of carbonyl (C=O) groups is 1. The minimum absolute atomic E-state index is 0.0977. The summed E-state index contributed by atoms with van der Waals surface area (Å²) in [6, 6.07) is 4.07. The molecule has 2 saturated heterocycles. The Morgan fingerprint density at radius 1 is 1.16 bits per heavy atom. The van der Waals surface area contributed by atoms with Crippen molar-refractivity contribution in [3.63, 3.8) is 0 Å². The molecular formula is C15H21N3O. The highest BCUT2D eigenvalue weighted by Gasteiger charge is 2.36. The van der Waals surface area contributed by atoms with Gasteiger partial charge < -0.3 is 10.2 Å². The third-order valence-electron chi connectivity index (χ3n) is 4.33. The molecule has 0 aliphatic carbocycles. The van der Waals surface area contributed by atoms with Crippen molar-refractivity contribution in [1.29, 1.82) is 0 Å². The SMILES string of the molecule is O=C([C@H]1CNC[C@@H]1c1ccncc1)N1CCCCC1. The Morgan fingerprint density at radius 3 is 2.63 bits per heavy atom. The summed E-state index contributed by atoms with van der Waals surface area (Å²) in [6.07, 6.45) is 7.21. The highest BCUT2D eigenvalue weighted by Crippen LogP contribution is 2.29. The van der Waals surface area contributed by atoms with E-state index >= 15 is 0 Å². The van der Waals surface area contributed by atoms with Gasteiger partial charge in [0.1, 0.15) is 0 Å². The number of hydrogen-bond acceptors (Lipinski definition) is 3. The van der Waals surface area contributed by atoms with Crippen LogP contribution in [0.1, 0.15) is 30.7 Å². The Bertz CT molecular complexity index is 428. The molecule has 0 unspecified atom stereocenters. The zero-order valence-electron chi connectivity index (χ0n) is 11.2. The summed E-state index contributed by atoms with van der Waals surface area (Å²) >= 11 is 0. The van der Waals surface area contributed by atoms with Gasteiger partial charge in [0.05, 0.1) is 5.92 Å². The molecule has 1 N–H and O–H groups in total. The first-order valence-electron chi connectivity index (χ1n) is 7.25. The number of aromatic nitrogens is 1. The van der Waals surface area contributed by atoms with Crippen LogP contribution in [0.3, 0.4) is 0 Å². The number of nitrogens with one attached hydrogen (secondary N) is 1. The van der Waals surface area contributed by atoms with Gasteiger partial charge in [0.15, 0.2) is 0 Å². The van der Waals surface area contributed by atoms with Crippen LogP contribution in [0.4, 0.5) is 0 Å². The molecule has 102 valence electrons. The van der Waals surface area contributed by atoms with E-state index in [9.17, 15) is 4.79 Å². The van der Waals surface area contributed by atoms with Gasteiger partial charge in [0.25, 0.3) is 0 Å². The van der Waals surface area contributed by atoms with Gasteiger partial charge in [-0.2, -0.15) is 0 Å². The number of amides is 1. The number of piperidine rings is 1. The first-order valence-corrected chi connectivity index (χ1v) is 7.25. The second-order valence-corrected chi connectivity index (χ2v) is 5.54. The Labute approximate surface area is 114 Å². The van der Waals surface area contributed by atoms with E-state index in [2.05, 4.69) is 15.2 Å². The minimum atomic E-state index is 0.0977. The van der Waals surface area contributed by atoms with Gasteiger partial charge in [-0.25, -0.2) is 0 Å². The Morgan fingerprint density at radius 2 is 1.89 bits per heavy atom. The van der Waals surface area contributed by atoms with Crippen molar-refractivity contribution < 1.29 is 4.79 Å². The zero-order chi connectivity index (χ0) is 13.1. The summed E-state index contributed by atoms with van der Waals surface area (Å²) in [5.74, 6) is 0.740. The maximum absolute atomic E-state index is 12.7. The lowest BCUT2D eigenvalue weighted by Gasteiger charge is -2.31. The fourth-order valence-electron chi connectivity index (χ4n) is 3.25. The number of likely N-dealkylation sites (tertiary alicyclic amines) is 1. The standard InChI is InChI=1S/C15H21N3O/c19-15(18-8-2-1-3-9-18)14-11-17-10-13(14)12-4-6-16-7-5-12/h4-7,13-14,17H,1-3,8-11H2/t13-,14+/m1/s1. The lowest BCUT2D eigenvalue weighted by molar-refractivity contribution is -0.136. The Kier molecular flexibility index (Phi) is 3.78. The molecule has 3 rings (SSSR count). The number of rotatable bonds is 2. The topological polar surface area (TPSA) is 45.2 Å². The van der Waals surface area contributed by atoms with Gasteiger partial charge in [-0.1, -0.05) is 0 Å². The van der Waals surface area contributed by atoms with Gasteiger partial charge in [0, 0.05) is 44.5 Å². The quantitative estimate of drug-likeness (QED) is 0.873. The summed E-state index contributed by atoms with van der Waals surface area (Å²) in [5.41, 5.74) is 1.23. The average Bonchev–Trinajstić information content (AvgIpc) is 2.98. The molecule has 0 spiro atoms. The summed E-state index contributed by atoms with van der Waals surface area (Å²) in [4.78, 5) is 18.8. The van der Waals surface area contributed by atoms with E-state index in [0.29, 0.717) is 11.8 Å². The fourth-order valence-corrected chi connectivity index (χ4v) is 3.25. The van der Waals surface area contributed by atoms with Crippen molar-refractivity contribution in [2.45, 2.75) is 25.2 Å². The molecule has 1 aromatic rings. The van der Waals surface area contributed by atoms with Crippen molar-refractivity contribution >= 4 is 5.91 Å². The maximum Gasteiger partial charge on any atom is 0.227 e. The van der Waals surface area contributed by atoms with Crippen LogP contribution in [0.2, 0.25) is 0 Å². The second kappa shape index (κ2) is 5.70. The molecule has 0 bridgehead atoms. The molecule has 0 radical (unpaired) electrons. The fraction of sp³-hybridized carbons (Fsp3) is 0.600. The van der Waals surface area contributed by atoms with E-state index in [-0.39, 0.29) is 5.92 Å². The molecule has 2 fully saturated rings. The van der Waals surface area contributed by atoms with Crippen LogP contribution in [-0.4, -0.2) is 42.0 Å². The lowest BCUT2D eigenvalue weighted by Crippen LogP contribution is -2.41. The van der Waals surface area contributed by atoms with Crippen molar-refractivity contribution in [3.8, 4) is 0 Å². The summed E-state index contributed by atoms with van der Waals surface area (Å²) in [5, 5.41) is 3.37. The van der Waals surface area contributed by atoms with Gasteiger partial charge in [0.2, 0.25) is 5.91 Å². The Balaban J connectivity index is 1.74. The van der Waals surface area contributed by atoms with Crippen LogP contribution in [-0.2, 0) is 4.79 Å². The monoisotopic (exact) mass is 259 g/mol. The number of pyridine rings is 1. The maximum atomic E-state index is 12.7. The van der Waals surface area contributed by atoms with Crippen molar-refractivity contribution in [3.05, 3.63) is 30.1 Å². The molecule has 2 aliphatic heterocycles. The van der Waals surface area contributed by atoms with E-state index in [1.165, 1.54) is 12.0 Å². The smallest absolute Gasteiger partial charge is 0.227 e. The van der Waals surface area contributed by atoms with Crippen LogP contribution < -0.4 is 5.32 Å². The van der Waals surface area contributed by atoms with Gasteiger partial charge >= 0.3 is 0 Å². The largest absolute Gasteiger partial charge is 0.342 e. The molecule has 3 heterocycles. The normalized spacial score (nSPS) is 27.5. The number of nitrogens with zero attached hydrogens (tertiary/aromatic N) is 2. The minimum Gasteiger partial charge on any atom is -0.342 e. The van der Waals surface area contributed by atoms with E-state index < -0.39 is 0 Å². The third kappa shape index (κ3) is 2.63. The summed E-state index contributed by atoms with van der Waals surface area (Å²) in [6.45, 7) is 3.59. The van der Waals surface area contributed by atoms with E-state index in [0.717, 1.165) is 39.0 Å². The van der Waals surface area contributed by atoms with Crippen LogP contribution >= 0.6 is 0 Å². The highest BCUT2D eigenvalue weighted by atomic mass is 16.2.